The summed E-state index contributed by atoms with van der Waals surface area (Å²) in [6.45, 7) is 3.24. The standard InChI is InChI=1S/C17H22N4O3S/c1-13-11-18-16(19-13)12-20(2)17(22)14-4-3-5-15(10-14)21-6-8-25(23,24)9-7-21/h3-5,10-11H,6-9,12H2,1-2H3,(H,18,19). The van der Waals surface area contributed by atoms with Gasteiger partial charge in [0.05, 0.1) is 18.1 Å². The summed E-state index contributed by atoms with van der Waals surface area (Å²) in [6.07, 6.45) is 1.73. The summed E-state index contributed by atoms with van der Waals surface area (Å²) < 4.78 is 23.1. The minimum absolute atomic E-state index is 0.0967. The number of hydrogen-bond acceptors (Lipinski definition) is 5. The number of hydrogen-bond donors (Lipinski definition) is 1. The smallest absolute Gasteiger partial charge is 0.254 e. The van der Waals surface area contributed by atoms with Crippen molar-refractivity contribution in [3.05, 3.63) is 47.5 Å². The quantitative estimate of drug-likeness (QED) is 0.884. The highest BCUT2D eigenvalue weighted by molar-refractivity contribution is 7.91. The van der Waals surface area contributed by atoms with Crippen molar-refractivity contribution in [2.45, 2.75) is 13.5 Å². The van der Waals surface area contributed by atoms with E-state index in [-0.39, 0.29) is 17.4 Å². The van der Waals surface area contributed by atoms with Crippen LogP contribution in [0, 0.1) is 6.92 Å². The maximum absolute atomic E-state index is 12.7. The minimum atomic E-state index is -2.92. The molecule has 0 saturated carbocycles. The third-order valence-corrected chi connectivity index (χ3v) is 5.90. The number of carbonyl (C=O) groups excluding carboxylic acids is 1. The van der Waals surface area contributed by atoms with Gasteiger partial charge in [-0.3, -0.25) is 4.79 Å². The fraction of sp³-hybridized carbons (Fsp3) is 0.412. The van der Waals surface area contributed by atoms with Crippen molar-refractivity contribution in [3.8, 4) is 0 Å². The number of H-pyrrole nitrogens is 1. The van der Waals surface area contributed by atoms with Crippen molar-refractivity contribution in [1.29, 1.82) is 0 Å². The Balaban J connectivity index is 1.71. The highest BCUT2D eigenvalue weighted by Gasteiger charge is 2.22. The molecule has 1 N–H and O–H groups in total. The number of aromatic amines is 1. The van der Waals surface area contributed by atoms with Crippen LogP contribution in [-0.4, -0.2) is 60.8 Å². The predicted octanol–water partition coefficient (Wildman–Crippen LogP) is 1.23. The molecule has 7 nitrogen and oxygen atoms in total. The minimum Gasteiger partial charge on any atom is -0.369 e. The van der Waals surface area contributed by atoms with Crippen LogP contribution in [-0.2, 0) is 16.4 Å². The molecule has 0 bridgehead atoms. The Morgan fingerprint density at radius 3 is 2.68 bits per heavy atom. The SMILES string of the molecule is Cc1cnc(CN(C)C(=O)c2cccc(N3CCS(=O)(=O)CC3)c2)[nH]1. The van der Waals surface area contributed by atoms with E-state index >= 15 is 0 Å². The van der Waals surface area contributed by atoms with Gasteiger partial charge in [-0.25, -0.2) is 13.4 Å². The van der Waals surface area contributed by atoms with Crippen LogP contribution < -0.4 is 4.90 Å². The number of imidazole rings is 1. The number of carbonyl (C=O) groups is 1. The molecule has 1 aromatic heterocycles. The molecule has 0 spiro atoms. The van der Waals surface area contributed by atoms with Crippen LogP contribution in [0.1, 0.15) is 21.9 Å². The van der Waals surface area contributed by atoms with E-state index in [9.17, 15) is 13.2 Å². The van der Waals surface area contributed by atoms with Crippen molar-refractivity contribution >= 4 is 21.4 Å². The van der Waals surface area contributed by atoms with Crippen LogP contribution in [0.2, 0.25) is 0 Å². The largest absolute Gasteiger partial charge is 0.369 e. The van der Waals surface area contributed by atoms with Gasteiger partial charge in [0.1, 0.15) is 5.82 Å². The molecule has 1 fully saturated rings. The Bertz CT molecular complexity index is 862. The first-order chi connectivity index (χ1) is 11.8. The van der Waals surface area contributed by atoms with Crippen LogP contribution >= 0.6 is 0 Å². The van der Waals surface area contributed by atoms with Gasteiger partial charge in [0.2, 0.25) is 0 Å². The summed E-state index contributed by atoms with van der Waals surface area (Å²) >= 11 is 0. The monoisotopic (exact) mass is 362 g/mol. The van der Waals surface area contributed by atoms with Gasteiger partial charge in [0, 0.05) is 43.3 Å². The second-order valence-corrected chi connectivity index (χ2v) is 8.67. The van der Waals surface area contributed by atoms with E-state index in [4.69, 9.17) is 0 Å². The van der Waals surface area contributed by atoms with Crippen molar-refractivity contribution < 1.29 is 13.2 Å². The zero-order chi connectivity index (χ0) is 18.0. The number of sulfone groups is 1. The van der Waals surface area contributed by atoms with Crippen molar-refractivity contribution in [2.24, 2.45) is 0 Å². The molecule has 134 valence electrons. The summed E-state index contributed by atoms with van der Waals surface area (Å²) in [5.41, 5.74) is 2.41. The van der Waals surface area contributed by atoms with Gasteiger partial charge in [-0.1, -0.05) is 6.07 Å². The number of amides is 1. The molecule has 0 unspecified atom stereocenters. The maximum Gasteiger partial charge on any atom is 0.254 e. The zero-order valence-electron chi connectivity index (χ0n) is 14.4. The first kappa shape index (κ1) is 17.5. The normalized spacial score (nSPS) is 16.6. The first-order valence-corrected chi connectivity index (χ1v) is 9.97. The molecule has 0 aliphatic carbocycles. The summed E-state index contributed by atoms with van der Waals surface area (Å²) in [4.78, 5) is 23.6. The van der Waals surface area contributed by atoms with Gasteiger partial charge in [-0.05, 0) is 25.1 Å². The molecule has 0 atom stereocenters. The van der Waals surface area contributed by atoms with E-state index in [1.165, 1.54) is 0 Å². The molecular weight excluding hydrogens is 340 g/mol. The van der Waals surface area contributed by atoms with Crippen molar-refractivity contribution in [3.63, 3.8) is 0 Å². The number of anilines is 1. The van der Waals surface area contributed by atoms with E-state index in [1.54, 1.807) is 24.2 Å². The number of nitrogens with zero attached hydrogens (tertiary/aromatic N) is 3. The molecule has 2 heterocycles. The van der Waals surface area contributed by atoms with E-state index in [2.05, 4.69) is 9.97 Å². The lowest BCUT2D eigenvalue weighted by atomic mass is 10.1. The maximum atomic E-state index is 12.7. The molecule has 8 heteroatoms. The Labute approximate surface area is 147 Å². The fourth-order valence-corrected chi connectivity index (χ4v) is 4.07. The number of aromatic nitrogens is 2. The zero-order valence-corrected chi connectivity index (χ0v) is 15.2. The van der Waals surface area contributed by atoms with Gasteiger partial charge in [0.15, 0.2) is 9.84 Å². The van der Waals surface area contributed by atoms with E-state index < -0.39 is 9.84 Å². The molecule has 1 saturated heterocycles. The number of benzene rings is 1. The van der Waals surface area contributed by atoms with Crippen LogP contribution in [0.4, 0.5) is 5.69 Å². The summed E-state index contributed by atoms with van der Waals surface area (Å²) in [7, 11) is -1.19. The van der Waals surface area contributed by atoms with Crippen LogP contribution in [0.3, 0.4) is 0 Å². The van der Waals surface area contributed by atoms with Gasteiger partial charge < -0.3 is 14.8 Å². The third kappa shape index (κ3) is 4.19. The molecule has 25 heavy (non-hydrogen) atoms. The first-order valence-electron chi connectivity index (χ1n) is 8.15. The Kier molecular flexibility index (Phi) is 4.80. The third-order valence-electron chi connectivity index (χ3n) is 4.29. The van der Waals surface area contributed by atoms with Gasteiger partial charge in [0.25, 0.3) is 5.91 Å². The Morgan fingerprint density at radius 2 is 2.04 bits per heavy atom. The average molecular weight is 362 g/mol. The lowest BCUT2D eigenvalue weighted by Gasteiger charge is -2.29. The second kappa shape index (κ2) is 6.87. The summed E-state index contributed by atoms with van der Waals surface area (Å²) in [5.74, 6) is 0.956. The lowest BCUT2D eigenvalue weighted by molar-refractivity contribution is 0.0782. The lowest BCUT2D eigenvalue weighted by Crippen LogP contribution is -2.40. The summed E-state index contributed by atoms with van der Waals surface area (Å²) in [5, 5.41) is 0. The van der Waals surface area contributed by atoms with Crippen LogP contribution in [0.15, 0.2) is 30.5 Å². The number of rotatable bonds is 4. The highest BCUT2D eigenvalue weighted by atomic mass is 32.2. The molecule has 2 aromatic rings. The van der Waals surface area contributed by atoms with Crippen molar-refractivity contribution in [1.82, 2.24) is 14.9 Å². The molecule has 3 rings (SSSR count). The predicted molar refractivity (Wildman–Crippen MR) is 96.4 cm³/mol. The molecule has 1 aliphatic rings. The van der Waals surface area contributed by atoms with E-state index in [1.807, 2.05) is 30.0 Å². The van der Waals surface area contributed by atoms with Gasteiger partial charge in [-0.15, -0.1) is 0 Å². The second-order valence-electron chi connectivity index (χ2n) is 6.36. The molecule has 1 aliphatic heterocycles. The highest BCUT2D eigenvalue weighted by Crippen LogP contribution is 2.20. The van der Waals surface area contributed by atoms with Crippen LogP contribution in [0.5, 0.6) is 0 Å². The molecular formula is C17H22N4O3S. The Morgan fingerprint density at radius 1 is 1.32 bits per heavy atom. The fourth-order valence-electron chi connectivity index (χ4n) is 2.87. The van der Waals surface area contributed by atoms with Crippen molar-refractivity contribution in [2.75, 3.05) is 36.5 Å². The van der Waals surface area contributed by atoms with E-state index in [0.29, 0.717) is 25.2 Å². The number of aryl methyl sites for hydroxylation is 1. The molecule has 0 radical (unpaired) electrons. The average Bonchev–Trinajstić information content (AvgIpc) is 2.99. The van der Waals surface area contributed by atoms with Gasteiger partial charge >= 0.3 is 0 Å². The molecule has 1 amide bonds. The summed E-state index contributed by atoms with van der Waals surface area (Å²) in [6, 6.07) is 7.34. The molecule has 1 aromatic carbocycles. The topological polar surface area (TPSA) is 86.4 Å². The van der Waals surface area contributed by atoms with Crippen LogP contribution in [0.25, 0.3) is 0 Å². The van der Waals surface area contributed by atoms with Gasteiger partial charge in [-0.2, -0.15) is 0 Å². The number of nitrogens with one attached hydrogen (secondary N) is 1. The van der Waals surface area contributed by atoms with E-state index in [0.717, 1.165) is 17.2 Å². The Hall–Kier alpha value is -2.35.